The van der Waals surface area contributed by atoms with Gasteiger partial charge in [-0.15, -0.1) is 0 Å². The molecule has 0 spiro atoms. The second kappa shape index (κ2) is 9.72. The Kier molecular flexibility index (Phi) is 6.50. The maximum atomic E-state index is 13.5. The zero-order valence-corrected chi connectivity index (χ0v) is 21.0. The van der Waals surface area contributed by atoms with Crippen LogP contribution in [0.5, 0.6) is 0 Å². The number of amides is 1. The zero-order chi connectivity index (χ0) is 24.5. The summed E-state index contributed by atoms with van der Waals surface area (Å²) >= 11 is 0. The number of hydrogen-bond donors (Lipinski definition) is 0. The fourth-order valence-electron chi connectivity index (χ4n) is 5.56. The van der Waals surface area contributed by atoms with Crippen LogP contribution in [0.2, 0.25) is 0 Å². The summed E-state index contributed by atoms with van der Waals surface area (Å²) < 4.78 is 1.79. The molecule has 0 saturated carbocycles. The maximum Gasteiger partial charge on any atom is 0.293 e. The number of anilines is 2. The number of fused-ring (bicyclic) bond motifs is 1. The van der Waals surface area contributed by atoms with E-state index in [0.717, 1.165) is 56.6 Å². The topological polar surface area (TPSA) is 61.7 Å². The van der Waals surface area contributed by atoms with Gasteiger partial charge in [0.1, 0.15) is 0 Å². The Balaban J connectivity index is 1.29. The number of nitrogens with zero attached hydrogens (tertiary/aromatic N) is 5. The molecule has 2 aliphatic heterocycles. The highest BCUT2D eigenvalue weighted by Gasteiger charge is 2.32. The Morgan fingerprint density at radius 2 is 1.77 bits per heavy atom. The predicted octanol–water partition coefficient (Wildman–Crippen LogP) is 3.60. The molecular formula is C28H35N5O2. The summed E-state index contributed by atoms with van der Waals surface area (Å²) in [4.78, 5) is 38.0. The van der Waals surface area contributed by atoms with Crippen molar-refractivity contribution >= 4 is 28.4 Å². The molecule has 2 aliphatic rings. The molecule has 0 bridgehead atoms. The van der Waals surface area contributed by atoms with E-state index < -0.39 is 0 Å². The van der Waals surface area contributed by atoms with Crippen molar-refractivity contribution in [2.75, 3.05) is 49.1 Å². The predicted molar refractivity (Wildman–Crippen MR) is 141 cm³/mol. The summed E-state index contributed by atoms with van der Waals surface area (Å²) in [6, 6.07) is 14.3. The number of piperidine rings is 1. The number of aryl methyl sites for hydroxylation is 3. The molecule has 3 aromatic rings. The van der Waals surface area contributed by atoms with Crippen LogP contribution in [0.1, 0.15) is 30.9 Å². The van der Waals surface area contributed by atoms with Gasteiger partial charge in [-0.2, -0.15) is 0 Å². The molecule has 2 aromatic carbocycles. The standard InChI is InChI=1S/C28H35N5O2/c1-4-33-24-10-6-5-9-23(24)29-26(28(33)35)32-13-7-8-22(19-32)27(34)31-16-14-30(15-17-31)25-18-20(2)11-12-21(25)3/h5-6,9-12,18,22H,4,7-8,13-17,19H2,1-3H3/t22-/m1/s1. The largest absolute Gasteiger partial charge is 0.368 e. The first-order valence-electron chi connectivity index (χ1n) is 12.8. The monoisotopic (exact) mass is 473 g/mol. The summed E-state index contributed by atoms with van der Waals surface area (Å²) in [7, 11) is 0. The highest BCUT2D eigenvalue weighted by Crippen LogP contribution is 2.26. The molecule has 0 aliphatic carbocycles. The van der Waals surface area contributed by atoms with Gasteiger partial charge in [0.05, 0.1) is 17.0 Å². The number of piperazine rings is 1. The van der Waals surface area contributed by atoms with E-state index in [4.69, 9.17) is 4.98 Å². The van der Waals surface area contributed by atoms with Crippen LogP contribution >= 0.6 is 0 Å². The fraction of sp³-hybridized carbons (Fsp3) is 0.464. The first-order valence-corrected chi connectivity index (χ1v) is 12.8. The Bertz CT molecular complexity index is 1290. The Morgan fingerprint density at radius 3 is 2.54 bits per heavy atom. The lowest BCUT2D eigenvalue weighted by Gasteiger charge is -2.40. The molecule has 1 amide bonds. The number of rotatable bonds is 4. The normalized spacial score (nSPS) is 18.8. The van der Waals surface area contributed by atoms with Crippen LogP contribution in [0, 0.1) is 19.8 Å². The van der Waals surface area contributed by atoms with Crippen molar-refractivity contribution in [3.8, 4) is 0 Å². The first-order chi connectivity index (χ1) is 17.0. The molecule has 5 rings (SSSR count). The van der Waals surface area contributed by atoms with Crippen molar-refractivity contribution in [2.24, 2.45) is 5.92 Å². The van der Waals surface area contributed by atoms with Gasteiger partial charge in [-0.25, -0.2) is 4.98 Å². The summed E-state index contributed by atoms with van der Waals surface area (Å²) in [6.07, 6.45) is 1.75. The number of hydrogen-bond acceptors (Lipinski definition) is 5. The van der Waals surface area contributed by atoms with Crippen LogP contribution in [0.3, 0.4) is 0 Å². The van der Waals surface area contributed by atoms with E-state index in [1.807, 2.05) is 41.0 Å². The van der Waals surface area contributed by atoms with Crippen molar-refractivity contribution in [2.45, 2.75) is 40.2 Å². The quantitative estimate of drug-likeness (QED) is 0.580. The third-order valence-corrected chi connectivity index (χ3v) is 7.52. The molecular weight excluding hydrogens is 438 g/mol. The van der Waals surface area contributed by atoms with E-state index >= 15 is 0 Å². The van der Waals surface area contributed by atoms with Gasteiger partial charge in [-0.1, -0.05) is 24.3 Å². The molecule has 0 unspecified atom stereocenters. The summed E-state index contributed by atoms with van der Waals surface area (Å²) in [6.45, 7) is 11.3. The second-order valence-corrected chi connectivity index (χ2v) is 9.86. The lowest BCUT2D eigenvalue weighted by Crippen LogP contribution is -2.53. The third kappa shape index (κ3) is 4.51. The number of aromatic nitrogens is 2. The van der Waals surface area contributed by atoms with Gasteiger partial charge in [-0.3, -0.25) is 9.59 Å². The summed E-state index contributed by atoms with van der Waals surface area (Å²) in [5, 5.41) is 0. The van der Waals surface area contributed by atoms with Gasteiger partial charge >= 0.3 is 0 Å². The lowest BCUT2D eigenvalue weighted by atomic mass is 9.96. The minimum atomic E-state index is -0.0984. The van der Waals surface area contributed by atoms with Gasteiger partial charge in [-0.05, 0) is 62.9 Å². The third-order valence-electron chi connectivity index (χ3n) is 7.52. The SMILES string of the molecule is CCn1c(=O)c(N2CCC[C@@H](C(=O)N3CCN(c4cc(C)ccc4C)CC3)C2)nc2ccccc21. The van der Waals surface area contributed by atoms with E-state index in [2.05, 4.69) is 36.9 Å². The summed E-state index contributed by atoms with van der Waals surface area (Å²) in [5.41, 5.74) is 5.42. The van der Waals surface area contributed by atoms with Crippen molar-refractivity contribution in [1.82, 2.24) is 14.5 Å². The highest BCUT2D eigenvalue weighted by molar-refractivity contribution is 5.80. The van der Waals surface area contributed by atoms with Crippen LogP contribution in [0.25, 0.3) is 11.0 Å². The zero-order valence-electron chi connectivity index (χ0n) is 21.0. The highest BCUT2D eigenvalue weighted by atomic mass is 16.2. The maximum absolute atomic E-state index is 13.5. The molecule has 7 heteroatoms. The first kappa shape index (κ1) is 23.4. The van der Waals surface area contributed by atoms with Crippen molar-refractivity contribution in [1.29, 1.82) is 0 Å². The van der Waals surface area contributed by atoms with Gasteiger partial charge < -0.3 is 19.3 Å². The summed E-state index contributed by atoms with van der Waals surface area (Å²) in [5.74, 6) is 0.591. The molecule has 1 aromatic heterocycles. The van der Waals surface area contributed by atoms with Gasteiger partial charge in [0, 0.05) is 51.5 Å². The molecule has 2 fully saturated rings. The number of benzene rings is 2. The van der Waals surface area contributed by atoms with Crippen LogP contribution in [0.15, 0.2) is 47.3 Å². The second-order valence-electron chi connectivity index (χ2n) is 9.86. The van der Waals surface area contributed by atoms with Gasteiger partial charge in [0.25, 0.3) is 5.56 Å². The average molecular weight is 474 g/mol. The Labute approximate surface area is 207 Å². The van der Waals surface area contributed by atoms with Crippen LogP contribution < -0.4 is 15.4 Å². The van der Waals surface area contributed by atoms with Crippen molar-refractivity contribution in [3.05, 3.63) is 63.9 Å². The van der Waals surface area contributed by atoms with Crippen molar-refractivity contribution < 1.29 is 4.79 Å². The minimum Gasteiger partial charge on any atom is -0.368 e. The van der Waals surface area contributed by atoms with Gasteiger partial charge in [0.15, 0.2) is 5.82 Å². The molecule has 0 N–H and O–H groups in total. The van der Waals surface area contributed by atoms with Gasteiger partial charge in [0.2, 0.25) is 5.91 Å². The van der Waals surface area contributed by atoms with E-state index in [1.165, 1.54) is 16.8 Å². The molecule has 3 heterocycles. The molecule has 35 heavy (non-hydrogen) atoms. The van der Waals surface area contributed by atoms with E-state index in [9.17, 15) is 9.59 Å². The number of carbonyl (C=O) groups excluding carboxylic acids is 1. The lowest BCUT2D eigenvalue weighted by molar-refractivity contribution is -0.136. The molecule has 0 radical (unpaired) electrons. The van der Waals surface area contributed by atoms with E-state index in [1.54, 1.807) is 4.57 Å². The smallest absolute Gasteiger partial charge is 0.293 e. The fourth-order valence-corrected chi connectivity index (χ4v) is 5.56. The molecule has 184 valence electrons. The number of para-hydroxylation sites is 2. The minimum absolute atomic E-state index is 0.0681. The number of carbonyl (C=O) groups is 1. The van der Waals surface area contributed by atoms with E-state index in [0.29, 0.717) is 18.9 Å². The Morgan fingerprint density at radius 1 is 1.00 bits per heavy atom. The van der Waals surface area contributed by atoms with E-state index in [-0.39, 0.29) is 17.4 Å². The molecule has 2 saturated heterocycles. The molecule has 1 atom stereocenters. The molecule has 7 nitrogen and oxygen atoms in total. The average Bonchev–Trinajstić information content (AvgIpc) is 2.89. The van der Waals surface area contributed by atoms with Crippen LogP contribution in [-0.4, -0.2) is 59.6 Å². The van der Waals surface area contributed by atoms with Crippen LogP contribution in [-0.2, 0) is 11.3 Å². The van der Waals surface area contributed by atoms with Crippen LogP contribution in [0.4, 0.5) is 11.5 Å². The van der Waals surface area contributed by atoms with Crippen molar-refractivity contribution in [3.63, 3.8) is 0 Å². The Hall–Kier alpha value is -3.35.